The summed E-state index contributed by atoms with van der Waals surface area (Å²) < 4.78 is 32.9. The summed E-state index contributed by atoms with van der Waals surface area (Å²) in [4.78, 5) is 11.7. The van der Waals surface area contributed by atoms with Crippen LogP contribution in [0.4, 0.5) is 5.69 Å². The molecule has 0 bridgehead atoms. The molecule has 6 nitrogen and oxygen atoms in total. The molecule has 2 aromatic carbocycles. The number of nitrogens with one attached hydrogen (secondary N) is 2. The number of amides is 1. The number of rotatable bonds is 7. The van der Waals surface area contributed by atoms with Crippen molar-refractivity contribution < 1.29 is 17.9 Å². The number of sulfonamides is 1. The molecule has 0 aromatic heterocycles. The van der Waals surface area contributed by atoms with Crippen LogP contribution in [-0.2, 0) is 14.8 Å². The molecule has 0 heterocycles. The molecule has 0 atom stereocenters. The van der Waals surface area contributed by atoms with E-state index in [9.17, 15) is 13.2 Å². The summed E-state index contributed by atoms with van der Waals surface area (Å²) in [6.45, 7) is 7.42. The van der Waals surface area contributed by atoms with E-state index in [4.69, 9.17) is 4.74 Å². The van der Waals surface area contributed by atoms with Gasteiger partial charge in [0.25, 0.3) is 15.9 Å². The molecule has 1 amide bonds. The number of carbonyl (C=O) groups excluding carboxylic acids is 1. The Kier molecular flexibility index (Phi) is 6.26. The summed E-state index contributed by atoms with van der Waals surface area (Å²) in [6, 6.07) is 11.5. The maximum atomic E-state index is 12.5. The maximum Gasteiger partial charge on any atom is 0.261 e. The molecule has 0 aliphatic rings. The van der Waals surface area contributed by atoms with Crippen LogP contribution in [0.5, 0.6) is 5.75 Å². The lowest BCUT2D eigenvalue weighted by Crippen LogP contribution is -2.34. The molecule has 2 aromatic rings. The topological polar surface area (TPSA) is 84.5 Å². The number of hydrogen-bond donors (Lipinski definition) is 2. The Morgan fingerprint density at radius 1 is 1.04 bits per heavy atom. The van der Waals surface area contributed by atoms with E-state index >= 15 is 0 Å². The third-order valence-electron chi connectivity index (χ3n) is 3.43. The molecule has 140 valence electrons. The molecule has 0 aliphatic heterocycles. The molecule has 2 N–H and O–H groups in total. The van der Waals surface area contributed by atoms with Crippen LogP contribution in [0.2, 0.25) is 0 Å². The summed E-state index contributed by atoms with van der Waals surface area (Å²) in [5, 5.41) is 2.72. The minimum atomic E-state index is -3.70. The van der Waals surface area contributed by atoms with Crippen molar-refractivity contribution in [2.24, 2.45) is 0 Å². The maximum absolute atomic E-state index is 12.5. The first kappa shape index (κ1) is 19.8. The van der Waals surface area contributed by atoms with Crippen LogP contribution < -0.4 is 14.8 Å². The van der Waals surface area contributed by atoms with Gasteiger partial charge in [-0.25, -0.2) is 8.42 Å². The molecule has 0 unspecified atom stereocenters. The zero-order chi connectivity index (χ0) is 19.3. The molecule has 0 saturated heterocycles. The Labute approximate surface area is 154 Å². The first-order valence-corrected chi connectivity index (χ1v) is 9.77. The number of aryl methyl sites for hydroxylation is 2. The van der Waals surface area contributed by atoms with Gasteiger partial charge in [0, 0.05) is 11.7 Å². The van der Waals surface area contributed by atoms with Gasteiger partial charge in [-0.3, -0.25) is 9.52 Å². The largest absolute Gasteiger partial charge is 0.484 e. The van der Waals surface area contributed by atoms with Gasteiger partial charge in [0.1, 0.15) is 5.75 Å². The van der Waals surface area contributed by atoms with Gasteiger partial charge in [0.05, 0.1) is 4.90 Å². The predicted octanol–water partition coefficient (Wildman–Crippen LogP) is 3.01. The van der Waals surface area contributed by atoms with Gasteiger partial charge < -0.3 is 10.1 Å². The fourth-order valence-electron chi connectivity index (χ4n) is 2.48. The number of benzene rings is 2. The van der Waals surface area contributed by atoms with Crippen LogP contribution in [-0.4, -0.2) is 27.0 Å². The molecule has 0 spiro atoms. The van der Waals surface area contributed by atoms with Crippen molar-refractivity contribution in [3.05, 3.63) is 53.6 Å². The molecule has 0 saturated carbocycles. The Hall–Kier alpha value is -2.54. The van der Waals surface area contributed by atoms with E-state index in [-0.39, 0.29) is 23.5 Å². The van der Waals surface area contributed by atoms with Crippen LogP contribution in [0.3, 0.4) is 0 Å². The SMILES string of the molecule is Cc1cc(C)cc(NS(=O)(=O)c2ccc(OCC(=O)NC(C)C)cc2)c1. The molecule has 0 aliphatic carbocycles. The van der Waals surface area contributed by atoms with E-state index in [2.05, 4.69) is 10.0 Å². The van der Waals surface area contributed by atoms with E-state index in [1.807, 2.05) is 33.8 Å². The third kappa shape index (κ3) is 5.77. The molecular weight excluding hydrogens is 352 g/mol. The highest BCUT2D eigenvalue weighted by atomic mass is 32.2. The van der Waals surface area contributed by atoms with Gasteiger partial charge in [0.2, 0.25) is 0 Å². The van der Waals surface area contributed by atoms with Gasteiger partial charge in [-0.05, 0) is 75.2 Å². The lowest BCUT2D eigenvalue weighted by atomic mass is 10.1. The van der Waals surface area contributed by atoms with Crippen molar-refractivity contribution in [1.29, 1.82) is 0 Å². The van der Waals surface area contributed by atoms with Crippen LogP contribution in [0.1, 0.15) is 25.0 Å². The van der Waals surface area contributed by atoms with E-state index < -0.39 is 10.0 Å². The lowest BCUT2D eigenvalue weighted by molar-refractivity contribution is -0.123. The normalized spacial score (nSPS) is 11.3. The second-order valence-electron chi connectivity index (χ2n) is 6.46. The highest BCUT2D eigenvalue weighted by Gasteiger charge is 2.15. The van der Waals surface area contributed by atoms with Crippen LogP contribution >= 0.6 is 0 Å². The smallest absolute Gasteiger partial charge is 0.261 e. The van der Waals surface area contributed by atoms with E-state index in [1.54, 1.807) is 12.1 Å². The molecular formula is C19H24N2O4S. The van der Waals surface area contributed by atoms with Gasteiger partial charge in [-0.2, -0.15) is 0 Å². The number of carbonyl (C=O) groups is 1. The van der Waals surface area contributed by atoms with Crippen molar-refractivity contribution >= 4 is 21.6 Å². The zero-order valence-electron chi connectivity index (χ0n) is 15.4. The summed E-state index contributed by atoms with van der Waals surface area (Å²) in [5.41, 5.74) is 2.48. The van der Waals surface area contributed by atoms with E-state index in [0.717, 1.165) is 11.1 Å². The van der Waals surface area contributed by atoms with Crippen molar-refractivity contribution in [1.82, 2.24) is 5.32 Å². The highest BCUT2D eigenvalue weighted by molar-refractivity contribution is 7.92. The van der Waals surface area contributed by atoms with Crippen LogP contribution in [0.15, 0.2) is 47.4 Å². The summed E-state index contributed by atoms with van der Waals surface area (Å²) in [6.07, 6.45) is 0. The lowest BCUT2D eigenvalue weighted by Gasteiger charge is -2.11. The standard InChI is InChI=1S/C19H24N2O4S/c1-13(2)20-19(22)12-25-17-5-7-18(8-6-17)26(23,24)21-16-10-14(3)9-15(4)11-16/h5-11,13,21H,12H2,1-4H3,(H,20,22). The summed E-state index contributed by atoms with van der Waals surface area (Å²) in [7, 11) is -3.70. The minimum absolute atomic E-state index is 0.0370. The quantitative estimate of drug-likeness (QED) is 0.778. The number of anilines is 1. The zero-order valence-corrected chi connectivity index (χ0v) is 16.2. The van der Waals surface area contributed by atoms with Gasteiger partial charge in [0.15, 0.2) is 6.61 Å². The monoisotopic (exact) mass is 376 g/mol. The van der Waals surface area contributed by atoms with Crippen molar-refractivity contribution in [3.63, 3.8) is 0 Å². The predicted molar refractivity (Wildman–Crippen MR) is 102 cm³/mol. The van der Waals surface area contributed by atoms with Crippen LogP contribution in [0, 0.1) is 13.8 Å². The summed E-state index contributed by atoms with van der Waals surface area (Å²) >= 11 is 0. The first-order valence-electron chi connectivity index (χ1n) is 8.29. The fraction of sp³-hybridized carbons (Fsp3) is 0.316. The molecule has 0 radical (unpaired) electrons. The Balaban J connectivity index is 2.05. The Bertz CT molecular complexity index is 855. The van der Waals surface area contributed by atoms with E-state index in [1.165, 1.54) is 24.3 Å². The van der Waals surface area contributed by atoms with Crippen molar-refractivity contribution in [3.8, 4) is 5.75 Å². The molecule has 0 fully saturated rings. The van der Waals surface area contributed by atoms with Crippen LogP contribution in [0.25, 0.3) is 0 Å². The van der Waals surface area contributed by atoms with Gasteiger partial charge in [-0.1, -0.05) is 6.07 Å². The summed E-state index contributed by atoms with van der Waals surface area (Å²) in [5.74, 6) is 0.197. The van der Waals surface area contributed by atoms with Crippen molar-refractivity contribution in [2.75, 3.05) is 11.3 Å². The Morgan fingerprint density at radius 3 is 2.15 bits per heavy atom. The molecule has 26 heavy (non-hydrogen) atoms. The highest BCUT2D eigenvalue weighted by Crippen LogP contribution is 2.21. The second kappa shape index (κ2) is 8.23. The third-order valence-corrected chi connectivity index (χ3v) is 4.82. The fourth-order valence-corrected chi connectivity index (χ4v) is 3.52. The number of ether oxygens (including phenoxy) is 1. The molecule has 2 rings (SSSR count). The van der Waals surface area contributed by atoms with Gasteiger partial charge >= 0.3 is 0 Å². The van der Waals surface area contributed by atoms with Gasteiger partial charge in [-0.15, -0.1) is 0 Å². The minimum Gasteiger partial charge on any atom is -0.484 e. The van der Waals surface area contributed by atoms with E-state index in [0.29, 0.717) is 11.4 Å². The Morgan fingerprint density at radius 2 is 1.62 bits per heavy atom. The number of hydrogen-bond acceptors (Lipinski definition) is 4. The van der Waals surface area contributed by atoms with Crippen molar-refractivity contribution in [2.45, 2.75) is 38.6 Å². The molecule has 7 heteroatoms. The average molecular weight is 376 g/mol. The average Bonchev–Trinajstić information content (AvgIpc) is 2.51. The second-order valence-corrected chi connectivity index (χ2v) is 8.15. The first-order chi connectivity index (χ1) is 12.2.